The van der Waals surface area contributed by atoms with Crippen molar-refractivity contribution in [2.75, 3.05) is 13.2 Å². The molecule has 456 valence electrons. The minimum atomic E-state index is -3.17. The number of fused-ring (bicyclic) bond motifs is 5. The Morgan fingerprint density at radius 3 is 1.90 bits per heavy atom. The zero-order chi connectivity index (χ0) is 61.9. The number of para-hydroxylation sites is 1. The maximum Gasteiger partial charge on any atom is 0.338 e. The first kappa shape index (κ1) is 65.5. The molecule has 16 nitrogen and oxygen atoms in total. The molecular formula is C66H89NO15Si2. The normalized spacial score (nSPS) is 27.1. The highest BCUT2D eigenvalue weighted by molar-refractivity contribution is 6.77. The summed E-state index contributed by atoms with van der Waals surface area (Å²) in [6, 6.07) is 24.5. The predicted molar refractivity (Wildman–Crippen MR) is 324 cm³/mol. The van der Waals surface area contributed by atoms with Crippen molar-refractivity contribution in [1.82, 2.24) is 5.32 Å². The van der Waals surface area contributed by atoms with Gasteiger partial charge in [0, 0.05) is 42.4 Å². The third-order valence-corrected chi connectivity index (χ3v) is 30.1. The smallest absolute Gasteiger partial charge is 0.338 e. The molecule has 0 spiro atoms. The van der Waals surface area contributed by atoms with Gasteiger partial charge in [-0.3, -0.25) is 14.4 Å². The van der Waals surface area contributed by atoms with Crippen molar-refractivity contribution in [3.8, 4) is 5.75 Å². The number of nitrogens with one attached hydrogen (secondary N) is 1. The number of aliphatic hydroxyl groups is 1. The van der Waals surface area contributed by atoms with Crippen LogP contribution >= 0.6 is 0 Å². The van der Waals surface area contributed by atoms with Gasteiger partial charge in [0.25, 0.3) is 5.91 Å². The molecule has 1 unspecified atom stereocenters. The number of hydrogen-bond donors (Lipinski definition) is 2. The Kier molecular flexibility index (Phi) is 20.2. The van der Waals surface area contributed by atoms with Crippen molar-refractivity contribution < 1.29 is 71.1 Å². The van der Waals surface area contributed by atoms with E-state index in [9.17, 15) is 19.5 Å². The first-order chi connectivity index (χ1) is 39.6. The van der Waals surface area contributed by atoms with Crippen LogP contribution in [0.15, 0.2) is 121 Å². The second-order valence-electron chi connectivity index (χ2n) is 24.9. The minimum Gasteiger partial charge on any atom is -0.489 e. The van der Waals surface area contributed by atoms with Crippen molar-refractivity contribution in [3.05, 3.63) is 138 Å². The van der Waals surface area contributed by atoms with Crippen LogP contribution in [0.5, 0.6) is 5.75 Å². The molecule has 2 bridgehead atoms. The molecule has 4 aliphatic rings. The summed E-state index contributed by atoms with van der Waals surface area (Å²) in [6.07, 6.45) is -6.50. The van der Waals surface area contributed by atoms with Crippen molar-refractivity contribution in [2.24, 2.45) is 16.7 Å². The van der Waals surface area contributed by atoms with Crippen LogP contribution in [0.4, 0.5) is 0 Å². The van der Waals surface area contributed by atoms with E-state index in [4.69, 9.17) is 37.3 Å². The Balaban J connectivity index is 1.54. The van der Waals surface area contributed by atoms with Crippen molar-refractivity contribution >= 4 is 52.2 Å². The molecule has 1 amide bonds. The summed E-state index contributed by atoms with van der Waals surface area (Å²) in [5.41, 5.74) is -6.85. The predicted octanol–water partition coefficient (Wildman–Crippen LogP) is 11.7. The van der Waals surface area contributed by atoms with Crippen LogP contribution in [0.25, 0.3) is 0 Å². The SMILES string of the molecule is C=CCOc1ccccc1[C@H](NC(=O)c1ccccc1)[C@@H](O[Si](C(C)C)(C(C)C)C(C)C)C(=O)O[C@H]1C[C@@]2(O)[C@@H](OC(=O)c3ccccc3)C3[C@](C)(C(=O)[C@H](OC(C)=O)C(=C1C)C2(C)C)[C@@H](O[Si](CC)(CC)CC)C[C@H]1OC[C@@]31OC(=O)C=C. The van der Waals surface area contributed by atoms with Gasteiger partial charge in [0.05, 0.1) is 35.6 Å². The second-order valence-corrected chi connectivity index (χ2v) is 35.0. The highest BCUT2D eigenvalue weighted by atomic mass is 28.4. The number of carbonyl (C=O) groups is 6. The van der Waals surface area contributed by atoms with Crippen LogP contribution in [-0.2, 0) is 51.7 Å². The van der Waals surface area contributed by atoms with Gasteiger partial charge in [-0.15, -0.1) is 0 Å². The number of carbonyl (C=O) groups excluding carboxylic acids is 6. The number of benzene rings is 3. The van der Waals surface area contributed by atoms with E-state index in [1.54, 1.807) is 119 Å². The van der Waals surface area contributed by atoms with E-state index < -0.39 is 129 Å². The number of ether oxygens (including phenoxy) is 6. The molecule has 1 heterocycles. The first-order valence-electron chi connectivity index (χ1n) is 29.8. The maximum absolute atomic E-state index is 16.8. The molecule has 18 heteroatoms. The van der Waals surface area contributed by atoms with Crippen molar-refractivity contribution in [2.45, 2.75) is 198 Å². The number of amides is 1. The van der Waals surface area contributed by atoms with Crippen LogP contribution < -0.4 is 10.1 Å². The molecule has 11 atom stereocenters. The van der Waals surface area contributed by atoms with Crippen molar-refractivity contribution in [1.29, 1.82) is 0 Å². The topological polar surface area (TPSA) is 209 Å². The van der Waals surface area contributed by atoms with Crippen LogP contribution in [0.3, 0.4) is 0 Å². The van der Waals surface area contributed by atoms with Crippen LogP contribution in [0, 0.1) is 16.7 Å². The molecular weight excluding hydrogens is 1100 g/mol. The summed E-state index contributed by atoms with van der Waals surface area (Å²) in [4.78, 5) is 90.7. The van der Waals surface area contributed by atoms with E-state index in [1.807, 2.05) is 0 Å². The van der Waals surface area contributed by atoms with E-state index >= 15 is 14.4 Å². The number of hydrogen-bond acceptors (Lipinski definition) is 15. The lowest BCUT2D eigenvalue weighted by Gasteiger charge is -2.68. The van der Waals surface area contributed by atoms with Gasteiger partial charge in [0.1, 0.15) is 36.3 Å². The van der Waals surface area contributed by atoms with Gasteiger partial charge in [-0.25, -0.2) is 14.4 Å². The highest BCUT2D eigenvalue weighted by Crippen LogP contribution is 2.65. The van der Waals surface area contributed by atoms with E-state index in [0.717, 1.165) is 6.08 Å². The summed E-state index contributed by atoms with van der Waals surface area (Å²) < 4.78 is 54.3. The summed E-state index contributed by atoms with van der Waals surface area (Å²) in [6.45, 7) is 33.8. The number of Topliss-reactive ketones (excluding diaryl/α,β-unsaturated/α-hetero) is 1. The summed E-state index contributed by atoms with van der Waals surface area (Å²) in [5, 5.41) is 17.8. The maximum atomic E-state index is 16.8. The molecule has 7 rings (SSSR count). The van der Waals surface area contributed by atoms with E-state index in [0.29, 0.717) is 35.0 Å². The number of rotatable bonds is 24. The summed E-state index contributed by atoms with van der Waals surface area (Å²) in [7, 11) is -5.88. The van der Waals surface area contributed by atoms with Gasteiger partial charge in [0.15, 0.2) is 31.9 Å². The largest absolute Gasteiger partial charge is 0.489 e. The fourth-order valence-electron chi connectivity index (χ4n) is 14.7. The third-order valence-electron chi connectivity index (χ3n) is 19.4. The Labute approximate surface area is 498 Å². The lowest BCUT2D eigenvalue weighted by atomic mass is 9.44. The van der Waals surface area contributed by atoms with Gasteiger partial charge < -0.3 is 47.7 Å². The zero-order valence-electron chi connectivity index (χ0n) is 51.6. The quantitative estimate of drug-likeness (QED) is 0.0281. The number of esters is 4. The molecule has 3 fully saturated rings. The van der Waals surface area contributed by atoms with E-state index in [2.05, 4.69) is 80.8 Å². The Bertz CT molecular complexity index is 2930. The number of ketones is 1. The summed E-state index contributed by atoms with van der Waals surface area (Å²) >= 11 is 0. The fourth-order valence-corrected chi connectivity index (χ4v) is 23.1. The Hall–Kier alpha value is -6.03. The first-order valence-corrected chi connectivity index (χ1v) is 34.4. The van der Waals surface area contributed by atoms with Gasteiger partial charge in [-0.05, 0) is 90.1 Å². The van der Waals surface area contributed by atoms with Gasteiger partial charge >= 0.3 is 23.9 Å². The molecule has 2 saturated carbocycles. The Morgan fingerprint density at radius 1 is 0.810 bits per heavy atom. The van der Waals surface area contributed by atoms with Gasteiger partial charge in [0.2, 0.25) is 8.32 Å². The van der Waals surface area contributed by atoms with Crippen LogP contribution in [0.1, 0.15) is 142 Å². The molecule has 3 aliphatic carbocycles. The molecule has 1 saturated heterocycles. The second kappa shape index (κ2) is 25.9. The summed E-state index contributed by atoms with van der Waals surface area (Å²) in [5.74, 6) is -5.85. The minimum absolute atomic E-state index is 0.0448. The van der Waals surface area contributed by atoms with Crippen LogP contribution in [-0.4, -0.2) is 118 Å². The molecule has 2 N–H and O–H groups in total. The zero-order valence-corrected chi connectivity index (χ0v) is 53.6. The lowest BCUT2D eigenvalue weighted by molar-refractivity contribution is -0.344. The molecule has 3 aromatic carbocycles. The average molecular weight is 1190 g/mol. The third kappa shape index (κ3) is 11.7. The molecule has 0 radical (unpaired) electrons. The standard InChI is InChI=1S/C66H89NO15Si2/c1-17-36-75-48-35-29-28-34-47(48)54(67-60(71)45-30-24-22-25-31-45)56(82-84(40(6)7,41(8)9)42(10)11)62(73)78-49-38-66(74)59(79-61(72)46-32-26-23-27-33-46)57-64(16,58(70)55(77-44(13)68)53(43(49)12)63(66,14)15)50(81-83(19-3,20-4)21-5)37-51-65(57,39-76-51)80-52(69)18-2/h17-18,22-35,40-42,49-51,54-57,59,74H,1-2,19-21,36-39H2,3-16H3,(H,67,71)/t49-,50-,51+,54-,55+,56+,57?,59-,64+,65-,66+/m0/s1. The van der Waals surface area contributed by atoms with E-state index in [-0.39, 0.29) is 53.0 Å². The van der Waals surface area contributed by atoms with E-state index in [1.165, 1.54) is 6.92 Å². The molecule has 3 aromatic rings. The monoisotopic (exact) mass is 1190 g/mol. The van der Waals surface area contributed by atoms with Gasteiger partial charge in [-0.2, -0.15) is 0 Å². The molecule has 84 heavy (non-hydrogen) atoms. The average Bonchev–Trinajstić information content (AvgIpc) is 1.16. The van der Waals surface area contributed by atoms with Crippen LogP contribution in [0.2, 0.25) is 34.8 Å². The van der Waals surface area contributed by atoms with Gasteiger partial charge in [-0.1, -0.05) is 150 Å². The highest BCUT2D eigenvalue weighted by Gasteiger charge is 2.79. The lowest BCUT2D eigenvalue weighted by Crippen LogP contribution is -2.82. The Morgan fingerprint density at radius 2 is 1.38 bits per heavy atom. The molecule has 1 aliphatic heterocycles. The molecule has 0 aromatic heterocycles. The fraction of sp³-hybridized carbons (Fsp3) is 0.545. The van der Waals surface area contributed by atoms with Crippen molar-refractivity contribution in [3.63, 3.8) is 0 Å².